The van der Waals surface area contributed by atoms with E-state index in [4.69, 9.17) is 5.11 Å². The van der Waals surface area contributed by atoms with Gasteiger partial charge in [0.25, 0.3) is 0 Å². The molecule has 1 saturated carbocycles. The maximum absolute atomic E-state index is 9.79. The summed E-state index contributed by atoms with van der Waals surface area (Å²) in [5, 5.41) is 28.5. The third kappa shape index (κ3) is 2.42. The first-order chi connectivity index (χ1) is 5.97. The average Bonchev–Trinajstić information content (AvgIpc) is 2.03. The molecule has 0 spiro atoms. The Balaban J connectivity index is 2.60. The van der Waals surface area contributed by atoms with Crippen molar-refractivity contribution in [2.45, 2.75) is 44.8 Å². The summed E-state index contributed by atoms with van der Waals surface area (Å²) in [5.41, 5.74) is -1.13. The highest BCUT2D eigenvalue weighted by atomic mass is 16.3. The van der Waals surface area contributed by atoms with Gasteiger partial charge in [-0.1, -0.05) is 13.3 Å². The van der Waals surface area contributed by atoms with Gasteiger partial charge in [0.2, 0.25) is 0 Å². The van der Waals surface area contributed by atoms with Gasteiger partial charge in [0.15, 0.2) is 0 Å². The molecule has 78 valence electrons. The lowest BCUT2D eigenvalue weighted by atomic mass is 9.73. The molecule has 0 saturated heterocycles. The molecule has 1 fully saturated rings. The van der Waals surface area contributed by atoms with E-state index in [1.807, 2.05) is 0 Å². The van der Waals surface area contributed by atoms with Gasteiger partial charge in [-0.15, -0.1) is 0 Å². The predicted molar refractivity (Wildman–Crippen MR) is 50.2 cm³/mol. The summed E-state index contributed by atoms with van der Waals surface area (Å²) in [6.07, 6.45) is 2.10. The van der Waals surface area contributed by atoms with Gasteiger partial charge >= 0.3 is 0 Å². The maximum atomic E-state index is 9.79. The molecule has 0 aliphatic heterocycles. The van der Waals surface area contributed by atoms with Crippen molar-refractivity contribution in [3.05, 3.63) is 0 Å². The maximum Gasteiger partial charge on any atom is 0.0902 e. The van der Waals surface area contributed by atoms with Gasteiger partial charge in [0.1, 0.15) is 0 Å². The number of hydrogen-bond acceptors (Lipinski definition) is 3. The summed E-state index contributed by atoms with van der Waals surface area (Å²) in [4.78, 5) is 0. The molecule has 4 atom stereocenters. The molecule has 3 heteroatoms. The molecule has 0 aromatic carbocycles. The first kappa shape index (κ1) is 11.0. The van der Waals surface area contributed by atoms with Crippen LogP contribution in [0.2, 0.25) is 0 Å². The Labute approximate surface area is 79.4 Å². The molecule has 1 aliphatic carbocycles. The zero-order chi connectivity index (χ0) is 10.1. The summed E-state index contributed by atoms with van der Waals surface area (Å²) in [6.45, 7) is 3.42. The molecule has 13 heavy (non-hydrogen) atoms. The first-order valence-corrected chi connectivity index (χ1v) is 4.98. The largest absolute Gasteiger partial charge is 0.393 e. The Bertz CT molecular complexity index is 168. The van der Waals surface area contributed by atoms with Crippen molar-refractivity contribution < 1.29 is 15.3 Å². The van der Waals surface area contributed by atoms with Crippen molar-refractivity contribution in [2.75, 3.05) is 6.61 Å². The Kier molecular flexibility index (Phi) is 3.33. The highest BCUT2D eigenvalue weighted by molar-refractivity contribution is 4.90. The Morgan fingerprint density at radius 3 is 2.46 bits per heavy atom. The van der Waals surface area contributed by atoms with Crippen molar-refractivity contribution in [1.82, 2.24) is 0 Å². The van der Waals surface area contributed by atoms with Gasteiger partial charge in [0, 0.05) is 5.92 Å². The summed E-state index contributed by atoms with van der Waals surface area (Å²) in [6, 6.07) is 0. The summed E-state index contributed by atoms with van der Waals surface area (Å²) in [5.74, 6) is 0.356. The van der Waals surface area contributed by atoms with Crippen LogP contribution >= 0.6 is 0 Å². The minimum Gasteiger partial charge on any atom is -0.393 e. The van der Waals surface area contributed by atoms with E-state index in [0.29, 0.717) is 5.92 Å². The Morgan fingerprint density at radius 1 is 1.38 bits per heavy atom. The van der Waals surface area contributed by atoms with E-state index in [9.17, 15) is 10.2 Å². The summed E-state index contributed by atoms with van der Waals surface area (Å²) >= 11 is 0. The highest BCUT2D eigenvalue weighted by Gasteiger charge is 2.39. The molecule has 3 nitrogen and oxygen atoms in total. The highest BCUT2D eigenvalue weighted by Crippen LogP contribution is 2.35. The lowest BCUT2D eigenvalue weighted by Crippen LogP contribution is -2.47. The van der Waals surface area contributed by atoms with Crippen molar-refractivity contribution >= 4 is 0 Å². The van der Waals surface area contributed by atoms with Crippen molar-refractivity contribution in [2.24, 2.45) is 11.8 Å². The average molecular weight is 188 g/mol. The van der Waals surface area contributed by atoms with E-state index in [-0.39, 0.29) is 12.5 Å². The zero-order valence-electron chi connectivity index (χ0n) is 8.40. The van der Waals surface area contributed by atoms with Crippen LogP contribution in [-0.2, 0) is 0 Å². The monoisotopic (exact) mass is 188 g/mol. The molecule has 0 amide bonds. The molecule has 3 N–H and O–H groups in total. The standard InChI is InChI=1S/C10H20O3/c1-7-3-4-8(9(12)5-7)10(2,13)6-11/h7-9,11-13H,3-6H2,1-2H3/t7-,8-,9-,10+/m1/s1. The van der Waals surface area contributed by atoms with E-state index < -0.39 is 11.7 Å². The van der Waals surface area contributed by atoms with Gasteiger partial charge in [-0.3, -0.25) is 0 Å². The number of aliphatic hydroxyl groups is 3. The van der Waals surface area contributed by atoms with Crippen LogP contribution in [0.5, 0.6) is 0 Å². The fourth-order valence-electron chi connectivity index (χ4n) is 2.19. The van der Waals surface area contributed by atoms with E-state index in [2.05, 4.69) is 6.92 Å². The van der Waals surface area contributed by atoms with Crippen molar-refractivity contribution in [3.63, 3.8) is 0 Å². The summed E-state index contributed by atoms with van der Waals surface area (Å²) in [7, 11) is 0. The molecule has 0 aromatic heterocycles. The molecule has 0 aromatic rings. The van der Waals surface area contributed by atoms with Crippen LogP contribution in [0.3, 0.4) is 0 Å². The van der Waals surface area contributed by atoms with Crippen LogP contribution in [-0.4, -0.2) is 33.6 Å². The van der Waals surface area contributed by atoms with Gasteiger partial charge in [-0.2, -0.15) is 0 Å². The van der Waals surface area contributed by atoms with Gasteiger partial charge < -0.3 is 15.3 Å². The van der Waals surface area contributed by atoms with E-state index >= 15 is 0 Å². The molecular formula is C10H20O3. The Hall–Kier alpha value is -0.120. The third-order valence-corrected chi connectivity index (χ3v) is 3.20. The van der Waals surface area contributed by atoms with Crippen LogP contribution in [0.25, 0.3) is 0 Å². The predicted octanol–water partition coefficient (Wildman–Crippen LogP) is 0.527. The first-order valence-electron chi connectivity index (χ1n) is 4.98. The fraction of sp³-hybridized carbons (Fsp3) is 1.00. The summed E-state index contributed by atoms with van der Waals surface area (Å²) < 4.78 is 0. The lowest BCUT2D eigenvalue weighted by molar-refractivity contribution is -0.108. The zero-order valence-corrected chi connectivity index (χ0v) is 8.40. The number of rotatable bonds is 2. The van der Waals surface area contributed by atoms with Crippen LogP contribution in [0.1, 0.15) is 33.1 Å². The minimum absolute atomic E-state index is 0.173. The van der Waals surface area contributed by atoms with Crippen LogP contribution in [0.15, 0.2) is 0 Å². The normalized spacial score (nSPS) is 39.9. The molecule has 0 heterocycles. The number of hydrogen-bond donors (Lipinski definition) is 3. The van der Waals surface area contributed by atoms with E-state index in [1.54, 1.807) is 6.92 Å². The molecule has 0 radical (unpaired) electrons. The van der Waals surface area contributed by atoms with E-state index in [0.717, 1.165) is 19.3 Å². The second-order valence-electron chi connectivity index (χ2n) is 4.61. The van der Waals surface area contributed by atoms with Crippen LogP contribution < -0.4 is 0 Å². The SMILES string of the molecule is C[C@@H]1CC[C@@H]([C@@](C)(O)CO)[C@H](O)C1. The molecule has 0 bridgehead atoms. The molecule has 1 rings (SSSR count). The second-order valence-corrected chi connectivity index (χ2v) is 4.61. The smallest absolute Gasteiger partial charge is 0.0902 e. The second kappa shape index (κ2) is 3.95. The van der Waals surface area contributed by atoms with E-state index in [1.165, 1.54) is 0 Å². The molecular weight excluding hydrogens is 168 g/mol. The Morgan fingerprint density at radius 2 is 2.00 bits per heavy atom. The van der Waals surface area contributed by atoms with Crippen LogP contribution in [0.4, 0.5) is 0 Å². The van der Waals surface area contributed by atoms with Gasteiger partial charge in [-0.25, -0.2) is 0 Å². The fourth-order valence-corrected chi connectivity index (χ4v) is 2.19. The minimum atomic E-state index is -1.13. The molecule has 0 unspecified atom stereocenters. The number of aliphatic hydroxyl groups excluding tert-OH is 2. The van der Waals surface area contributed by atoms with Gasteiger partial charge in [-0.05, 0) is 25.7 Å². The van der Waals surface area contributed by atoms with Crippen molar-refractivity contribution in [3.8, 4) is 0 Å². The molecule has 1 aliphatic rings. The quantitative estimate of drug-likeness (QED) is 0.592. The van der Waals surface area contributed by atoms with Crippen molar-refractivity contribution in [1.29, 1.82) is 0 Å². The topological polar surface area (TPSA) is 60.7 Å². The van der Waals surface area contributed by atoms with Crippen LogP contribution in [0, 0.1) is 11.8 Å². The van der Waals surface area contributed by atoms with Gasteiger partial charge in [0.05, 0.1) is 18.3 Å². The third-order valence-electron chi connectivity index (χ3n) is 3.20. The lowest BCUT2D eigenvalue weighted by Gasteiger charge is -2.39.